The van der Waals surface area contributed by atoms with E-state index < -0.39 is 0 Å². The van der Waals surface area contributed by atoms with Gasteiger partial charge >= 0.3 is 0 Å². The summed E-state index contributed by atoms with van der Waals surface area (Å²) in [5, 5.41) is 1.06. The third-order valence-corrected chi connectivity index (χ3v) is 7.06. The van der Waals surface area contributed by atoms with Crippen LogP contribution < -0.4 is 0 Å². The van der Waals surface area contributed by atoms with E-state index in [1.54, 1.807) is 11.8 Å². The molecule has 2 heterocycles. The van der Waals surface area contributed by atoms with Gasteiger partial charge in [-0.3, -0.25) is 4.90 Å². The molecule has 3 aromatic carbocycles. The molecule has 1 aromatic heterocycles. The maximum Gasteiger partial charge on any atom is 0.104 e. The number of hydrogen-bond acceptors (Lipinski definition) is 4. The van der Waals surface area contributed by atoms with Crippen LogP contribution in [0.15, 0.2) is 108 Å². The number of pyridine rings is 1. The Bertz CT molecular complexity index is 1150. The topological polar surface area (TPSA) is 25.4 Å². The third-order valence-electron chi connectivity index (χ3n) is 5.92. The Hall–Kier alpha value is -2.92. The monoisotopic (exact) mass is 452 g/mol. The molecule has 4 heteroatoms. The Morgan fingerprint density at radius 2 is 1.48 bits per heavy atom. The van der Waals surface area contributed by atoms with Crippen LogP contribution in [-0.4, -0.2) is 41.4 Å². The Morgan fingerprint density at radius 1 is 0.818 bits per heavy atom. The average Bonchev–Trinajstić information content (AvgIpc) is 2.89. The molecule has 1 atom stereocenters. The van der Waals surface area contributed by atoms with Gasteiger partial charge in [-0.15, -0.1) is 11.8 Å². The van der Waals surface area contributed by atoms with E-state index in [1.807, 2.05) is 12.3 Å². The predicted molar refractivity (Wildman–Crippen MR) is 137 cm³/mol. The molecule has 0 unspecified atom stereocenters. The van der Waals surface area contributed by atoms with Gasteiger partial charge in [-0.1, -0.05) is 91.0 Å². The Balaban J connectivity index is 1.31. The molecule has 166 valence electrons. The van der Waals surface area contributed by atoms with Crippen molar-refractivity contribution in [1.29, 1.82) is 0 Å². The molecule has 0 radical (unpaired) electrons. The van der Waals surface area contributed by atoms with E-state index >= 15 is 0 Å². The van der Waals surface area contributed by atoms with Crippen molar-refractivity contribution in [3.63, 3.8) is 0 Å². The smallest absolute Gasteiger partial charge is 0.104 e. The Morgan fingerprint density at radius 3 is 2.21 bits per heavy atom. The normalized spacial score (nSPS) is 16.5. The average molecular weight is 453 g/mol. The molecule has 0 spiro atoms. The second-order valence-corrected chi connectivity index (χ2v) is 9.34. The van der Waals surface area contributed by atoms with Crippen LogP contribution in [0.5, 0.6) is 0 Å². The van der Waals surface area contributed by atoms with Crippen LogP contribution in [0.4, 0.5) is 0 Å². The second-order valence-electron chi connectivity index (χ2n) is 8.33. The molecule has 0 aliphatic carbocycles. The number of thioether (sulfide) groups is 1. The fraction of sp³-hybridized carbons (Fsp3) is 0.207. The zero-order chi connectivity index (χ0) is 22.3. The maximum absolute atomic E-state index is 6.12. The first-order chi connectivity index (χ1) is 16.3. The molecule has 0 amide bonds. The van der Waals surface area contributed by atoms with Gasteiger partial charge in [0.15, 0.2) is 0 Å². The van der Waals surface area contributed by atoms with E-state index in [1.165, 1.54) is 22.3 Å². The highest BCUT2D eigenvalue weighted by Crippen LogP contribution is 2.34. The van der Waals surface area contributed by atoms with Crippen LogP contribution in [0.3, 0.4) is 0 Å². The Labute approximate surface area is 200 Å². The van der Waals surface area contributed by atoms with E-state index in [-0.39, 0.29) is 6.10 Å². The van der Waals surface area contributed by atoms with Crippen molar-refractivity contribution in [3.8, 4) is 22.3 Å². The largest absolute Gasteiger partial charge is 0.375 e. The van der Waals surface area contributed by atoms with Crippen molar-refractivity contribution in [3.05, 3.63) is 109 Å². The minimum absolute atomic E-state index is 0.201. The fourth-order valence-corrected chi connectivity index (χ4v) is 5.22. The number of morpholine rings is 1. The fourth-order valence-electron chi connectivity index (χ4n) is 4.22. The molecule has 1 aliphatic rings. The summed E-state index contributed by atoms with van der Waals surface area (Å²) in [4.78, 5) is 7.39. The highest BCUT2D eigenvalue weighted by molar-refractivity contribution is 7.99. The zero-order valence-corrected chi connectivity index (χ0v) is 19.5. The summed E-state index contributed by atoms with van der Waals surface area (Å²) in [6.07, 6.45) is 2.19. The minimum atomic E-state index is 0.201. The molecular formula is C29H28N2OS. The van der Waals surface area contributed by atoms with Crippen LogP contribution in [0.1, 0.15) is 5.56 Å². The predicted octanol–water partition coefficient (Wildman–Crippen LogP) is 6.41. The first-order valence-corrected chi connectivity index (χ1v) is 12.5. The summed E-state index contributed by atoms with van der Waals surface area (Å²) in [5.41, 5.74) is 6.06. The molecule has 0 saturated carbocycles. The van der Waals surface area contributed by atoms with Gasteiger partial charge < -0.3 is 4.74 Å². The number of benzene rings is 3. The lowest BCUT2D eigenvalue weighted by atomic mass is 10.0. The van der Waals surface area contributed by atoms with Crippen molar-refractivity contribution in [2.75, 3.05) is 25.4 Å². The maximum atomic E-state index is 6.12. The van der Waals surface area contributed by atoms with E-state index in [0.717, 1.165) is 42.6 Å². The van der Waals surface area contributed by atoms with Crippen LogP contribution >= 0.6 is 11.8 Å². The first-order valence-electron chi connectivity index (χ1n) is 11.5. The van der Waals surface area contributed by atoms with Gasteiger partial charge in [0.05, 0.1) is 12.7 Å². The SMILES string of the molecule is c1ccc(CN2CCO[C@H](CSc3ncc(-c4ccccc4)cc3-c3ccccc3)C2)cc1. The molecule has 3 nitrogen and oxygen atoms in total. The summed E-state index contributed by atoms with van der Waals surface area (Å²) in [6, 6.07) is 34.0. The van der Waals surface area contributed by atoms with Crippen molar-refractivity contribution < 1.29 is 4.74 Å². The molecule has 33 heavy (non-hydrogen) atoms. The van der Waals surface area contributed by atoms with Crippen molar-refractivity contribution in [1.82, 2.24) is 9.88 Å². The van der Waals surface area contributed by atoms with Crippen LogP contribution in [0, 0.1) is 0 Å². The summed E-state index contributed by atoms with van der Waals surface area (Å²) in [7, 11) is 0. The van der Waals surface area contributed by atoms with E-state index in [0.29, 0.717) is 0 Å². The van der Waals surface area contributed by atoms with Gasteiger partial charge in [-0.2, -0.15) is 0 Å². The lowest BCUT2D eigenvalue weighted by Crippen LogP contribution is -2.43. The van der Waals surface area contributed by atoms with Crippen molar-refractivity contribution in [2.45, 2.75) is 17.7 Å². The number of ether oxygens (including phenoxy) is 1. The highest BCUT2D eigenvalue weighted by Gasteiger charge is 2.22. The van der Waals surface area contributed by atoms with Gasteiger partial charge in [-0.05, 0) is 22.8 Å². The minimum Gasteiger partial charge on any atom is -0.375 e. The third kappa shape index (κ3) is 5.72. The molecule has 1 fully saturated rings. The van der Waals surface area contributed by atoms with Crippen molar-refractivity contribution in [2.24, 2.45) is 0 Å². The highest BCUT2D eigenvalue weighted by atomic mass is 32.2. The van der Waals surface area contributed by atoms with Gasteiger partial charge in [0.1, 0.15) is 5.03 Å². The number of rotatable bonds is 7. The number of aromatic nitrogens is 1. The van der Waals surface area contributed by atoms with Gasteiger partial charge in [0.25, 0.3) is 0 Å². The molecule has 0 bridgehead atoms. The number of hydrogen-bond donors (Lipinski definition) is 0. The molecule has 5 rings (SSSR count). The number of nitrogens with zero attached hydrogens (tertiary/aromatic N) is 2. The van der Waals surface area contributed by atoms with Gasteiger partial charge in [0.2, 0.25) is 0 Å². The molecule has 0 N–H and O–H groups in total. The Kier molecular flexibility index (Phi) is 7.17. The zero-order valence-electron chi connectivity index (χ0n) is 18.6. The second kappa shape index (κ2) is 10.8. The first kappa shape index (κ1) is 21.9. The lowest BCUT2D eigenvalue weighted by molar-refractivity contribution is -0.0187. The lowest BCUT2D eigenvalue weighted by Gasteiger charge is -2.32. The van der Waals surface area contributed by atoms with Crippen LogP contribution in [0.25, 0.3) is 22.3 Å². The van der Waals surface area contributed by atoms with E-state index in [4.69, 9.17) is 9.72 Å². The molecule has 4 aromatic rings. The summed E-state index contributed by atoms with van der Waals surface area (Å²) in [5.74, 6) is 0.892. The molecule has 1 aliphatic heterocycles. The molecule has 1 saturated heterocycles. The summed E-state index contributed by atoms with van der Waals surface area (Å²) in [6.45, 7) is 3.69. The quantitative estimate of drug-likeness (QED) is 0.303. The van der Waals surface area contributed by atoms with Gasteiger partial charge in [0, 0.05) is 42.7 Å². The van der Waals surface area contributed by atoms with Crippen LogP contribution in [0.2, 0.25) is 0 Å². The summed E-state index contributed by atoms with van der Waals surface area (Å²) < 4.78 is 6.12. The standard InChI is InChI=1S/C29H28N2OS/c1-4-10-23(11-5-1)20-31-16-17-32-27(21-31)22-33-29-28(25-14-8-3-9-15-25)18-26(19-30-29)24-12-6-2-7-13-24/h1-15,18-19,27H,16-17,20-22H2/t27-/m0/s1. The van der Waals surface area contributed by atoms with Gasteiger partial charge in [-0.25, -0.2) is 4.98 Å². The van der Waals surface area contributed by atoms with E-state index in [9.17, 15) is 0 Å². The molecular weight excluding hydrogens is 424 g/mol. The van der Waals surface area contributed by atoms with E-state index in [2.05, 4.69) is 95.9 Å². The van der Waals surface area contributed by atoms with Crippen molar-refractivity contribution >= 4 is 11.8 Å². The summed E-state index contributed by atoms with van der Waals surface area (Å²) >= 11 is 1.80. The van der Waals surface area contributed by atoms with Crippen LogP contribution in [-0.2, 0) is 11.3 Å².